The maximum Gasteiger partial charge on any atom is 0.393 e. The SMILES string of the molecule is O=C(O)CC(c1cccc(CC(F)(F)F)c1)C1CC1. The third-order valence-electron chi connectivity index (χ3n) is 3.37. The van der Waals surface area contributed by atoms with Gasteiger partial charge < -0.3 is 5.11 Å². The average molecular weight is 272 g/mol. The van der Waals surface area contributed by atoms with Gasteiger partial charge in [0.25, 0.3) is 0 Å². The van der Waals surface area contributed by atoms with Crippen molar-refractivity contribution >= 4 is 5.97 Å². The van der Waals surface area contributed by atoms with Crippen LogP contribution in [0.5, 0.6) is 0 Å². The second kappa shape index (κ2) is 5.23. The van der Waals surface area contributed by atoms with Gasteiger partial charge in [0.05, 0.1) is 12.8 Å². The molecular weight excluding hydrogens is 257 g/mol. The lowest BCUT2D eigenvalue weighted by Crippen LogP contribution is -2.13. The number of benzene rings is 1. The van der Waals surface area contributed by atoms with Gasteiger partial charge in [-0.2, -0.15) is 13.2 Å². The van der Waals surface area contributed by atoms with Gasteiger partial charge in [-0.25, -0.2) is 0 Å². The predicted octanol–water partition coefficient (Wildman–Crippen LogP) is 3.76. The van der Waals surface area contributed by atoms with Crippen molar-refractivity contribution in [2.45, 2.75) is 37.8 Å². The molecule has 0 amide bonds. The largest absolute Gasteiger partial charge is 0.481 e. The summed E-state index contributed by atoms with van der Waals surface area (Å²) in [6.45, 7) is 0. The lowest BCUT2D eigenvalue weighted by atomic mass is 9.89. The molecule has 0 aromatic heterocycles. The van der Waals surface area contributed by atoms with Crippen molar-refractivity contribution in [3.63, 3.8) is 0 Å². The maximum absolute atomic E-state index is 12.4. The molecule has 2 rings (SSSR count). The van der Waals surface area contributed by atoms with Crippen molar-refractivity contribution in [3.8, 4) is 0 Å². The van der Waals surface area contributed by atoms with Crippen molar-refractivity contribution in [1.29, 1.82) is 0 Å². The summed E-state index contributed by atoms with van der Waals surface area (Å²) in [5.74, 6) is -0.763. The molecule has 0 radical (unpaired) electrons. The second-order valence-electron chi connectivity index (χ2n) is 5.08. The van der Waals surface area contributed by atoms with E-state index in [1.807, 2.05) is 0 Å². The molecule has 1 aromatic rings. The van der Waals surface area contributed by atoms with E-state index in [-0.39, 0.29) is 17.9 Å². The van der Waals surface area contributed by atoms with E-state index in [2.05, 4.69) is 0 Å². The summed E-state index contributed by atoms with van der Waals surface area (Å²) in [5, 5.41) is 8.90. The molecule has 19 heavy (non-hydrogen) atoms. The zero-order valence-corrected chi connectivity index (χ0v) is 10.3. The van der Waals surface area contributed by atoms with E-state index in [1.165, 1.54) is 12.1 Å². The Morgan fingerprint density at radius 1 is 1.37 bits per heavy atom. The fraction of sp³-hybridized carbons (Fsp3) is 0.500. The molecule has 2 nitrogen and oxygen atoms in total. The Morgan fingerprint density at radius 3 is 2.58 bits per heavy atom. The quantitative estimate of drug-likeness (QED) is 0.886. The Labute approximate surface area is 109 Å². The molecule has 1 N–H and O–H groups in total. The van der Waals surface area contributed by atoms with Crippen LogP contribution in [0.15, 0.2) is 24.3 Å². The molecule has 1 aliphatic carbocycles. The molecule has 1 saturated carbocycles. The van der Waals surface area contributed by atoms with Crippen LogP contribution < -0.4 is 0 Å². The highest BCUT2D eigenvalue weighted by atomic mass is 19.4. The molecule has 1 aromatic carbocycles. The lowest BCUT2D eigenvalue weighted by Gasteiger charge is -2.16. The van der Waals surface area contributed by atoms with Gasteiger partial charge >= 0.3 is 12.1 Å². The Balaban J connectivity index is 2.18. The smallest absolute Gasteiger partial charge is 0.393 e. The van der Waals surface area contributed by atoms with Crippen LogP contribution in [0.1, 0.15) is 36.3 Å². The van der Waals surface area contributed by atoms with Crippen LogP contribution in [-0.2, 0) is 11.2 Å². The highest BCUT2D eigenvalue weighted by Crippen LogP contribution is 2.44. The first-order valence-electron chi connectivity index (χ1n) is 6.22. The summed E-state index contributed by atoms with van der Waals surface area (Å²) in [7, 11) is 0. The standard InChI is InChI=1S/C14H15F3O2/c15-14(16,17)8-9-2-1-3-11(6-9)12(7-13(18)19)10-4-5-10/h1-3,6,10,12H,4-5,7-8H2,(H,18,19). The summed E-state index contributed by atoms with van der Waals surface area (Å²) >= 11 is 0. The number of alkyl halides is 3. The van der Waals surface area contributed by atoms with Gasteiger partial charge in [-0.05, 0) is 35.8 Å². The van der Waals surface area contributed by atoms with Gasteiger partial charge in [-0.1, -0.05) is 24.3 Å². The van der Waals surface area contributed by atoms with Crippen molar-refractivity contribution in [2.75, 3.05) is 0 Å². The number of carbonyl (C=O) groups is 1. The number of halogens is 3. The Kier molecular flexibility index (Phi) is 3.83. The van der Waals surface area contributed by atoms with Gasteiger partial charge in [0, 0.05) is 0 Å². The number of carboxylic acid groups (broad SMARTS) is 1. The van der Waals surface area contributed by atoms with Crippen LogP contribution in [-0.4, -0.2) is 17.3 Å². The van der Waals surface area contributed by atoms with E-state index in [4.69, 9.17) is 5.11 Å². The van der Waals surface area contributed by atoms with Crippen LogP contribution in [0.2, 0.25) is 0 Å². The molecule has 104 valence electrons. The van der Waals surface area contributed by atoms with Crippen LogP contribution in [0, 0.1) is 5.92 Å². The van der Waals surface area contributed by atoms with Crippen LogP contribution in [0.4, 0.5) is 13.2 Å². The topological polar surface area (TPSA) is 37.3 Å². The minimum atomic E-state index is -4.24. The van der Waals surface area contributed by atoms with Crippen molar-refractivity contribution < 1.29 is 23.1 Å². The van der Waals surface area contributed by atoms with E-state index in [9.17, 15) is 18.0 Å². The maximum atomic E-state index is 12.4. The molecule has 5 heteroatoms. The van der Waals surface area contributed by atoms with Gasteiger partial charge in [0.1, 0.15) is 0 Å². The summed E-state index contributed by atoms with van der Waals surface area (Å²) in [6.07, 6.45) is -3.30. The number of aliphatic carboxylic acids is 1. The van der Waals surface area contributed by atoms with Crippen LogP contribution in [0.25, 0.3) is 0 Å². The molecule has 1 aliphatic rings. The van der Waals surface area contributed by atoms with E-state index < -0.39 is 18.6 Å². The number of rotatable bonds is 5. The summed E-state index contributed by atoms with van der Waals surface area (Å²) < 4.78 is 37.1. The highest BCUT2D eigenvalue weighted by Gasteiger charge is 2.34. The Morgan fingerprint density at radius 2 is 2.05 bits per heavy atom. The summed E-state index contributed by atoms with van der Waals surface area (Å²) in [4.78, 5) is 10.8. The average Bonchev–Trinajstić information content (AvgIpc) is 3.07. The minimum Gasteiger partial charge on any atom is -0.481 e. The third kappa shape index (κ3) is 4.26. The van der Waals surface area contributed by atoms with Crippen LogP contribution in [0.3, 0.4) is 0 Å². The van der Waals surface area contributed by atoms with Crippen molar-refractivity contribution in [1.82, 2.24) is 0 Å². The molecule has 0 heterocycles. The summed E-state index contributed by atoms with van der Waals surface area (Å²) in [6, 6.07) is 6.24. The molecule has 0 aliphatic heterocycles. The van der Waals surface area contributed by atoms with Gasteiger partial charge in [-0.3, -0.25) is 4.79 Å². The lowest BCUT2D eigenvalue weighted by molar-refractivity contribution is -0.137. The van der Waals surface area contributed by atoms with E-state index >= 15 is 0 Å². The fourth-order valence-electron chi connectivity index (χ4n) is 2.41. The number of hydrogen-bond acceptors (Lipinski definition) is 1. The van der Waals surface area contributed by atoms with E-state index in [1.54, 1.807) is 12.1 Å². The van der Waals surface area contributed by atoms with Gasteiger partial charge in [0.15, 0.2) is 0 Å². The first kappa shape index (κ1) is 13.9. The number of hydrogen-bond donors (Lipinski definition) is 1. The van der Waals surface area contributed by atoms with E-state index in [0.717, 1.165) is 12.8 Å². The molecular formula is C14H15F3O2. The highest BCUT2D eigenvalue weighted by molar-refractivity contribution is 5.68. The molecule has 0 bridgehead atoms. The van der Waals surface area contributed by atoms with Crippen molar-refractivity contribution in [3.05, 3.63) is 35.4 Å². The number of carboxylic acids is 1. The zero-order chi connectivity index (χ0) is 14.0. The zero-order valence-electron chi connectivity index (χ0n) is 10.3. The molecule has 1 atom stereocenters. The van der Waals surface area contributed by atoms with Crippen molar-refractivity contribution in [2.24, 2.45) is 5.92 Å². The Bertz CT molecular complexity index is 464. The fourth-order valence-corrected chi connectivity index (χ4v) is 2.41. The summed E-state index contributed by atoms with van der Waals surface area (Å²) in [5.41, 5.74) is 0.910. The Hall–Kier alpha value is -1.52. The first-order chi connectivity index (χ1) is 8.85. The first-order valence-corrected chi connectivity index (χ1v) is 6.22. The minimum absolute atomic E-state index is 0.0138. The molecule has 1 fully saturated rings. The molecule has 0 spiro atoms. The van der Waals surface area contributed by atoms with Gasteiger partial charge in [-0.15, -0.1) is 0 Å². The third-order valence-corrected chi connectivity index (χ3v) is 3.37. The van der Waals surface area contributed by atoms with Crippen LogP contribution >= 0.6 is 0 Å². The van der Waals surface area contributed by atoms with Gasteiger partial charge in [0.2, 0.25) is 0 Å². The van der Waals surface area contributed by atoms with E-state index in [0.29, 0.717) is 11.5 Å². The second-order valence-corrected chi connectivity index (χ2v) is 5.08. The normalized spacial score (nSPS) is 17.2. The molecule has 1 unspecified atom stereocenters. The predicted molar refractivity (Wildman–Crippen MR) is 63.9 cm³/mol. The monoisotopic (exact) mass is 272 g/mol. The molecule has 0 saturated heterocycles.